The van der Waals surface area contributed by atoms with Gasteiger partial charge in [0.05, 0.1) is 5.56 Å². The number of hydrogen-bond acceptors (Lipinski definition) is 3. The molecule has 0 amide bonds. The van der Waals surface area contributed by atoms with Crippen molar-refractivity contribution in [1.29, 1.82) is 0 Å². The van der Waals surface area contributed by atoms with Crippen LogP contribution in [-0.4, -0.2) is 5.97 Å². The molecule has 0 aromatic heterocycles. The fraction of sp³-hybridized carbons (Fsp3) is 0.500. The SMILES string of the molecule is CCC1(C(C)(C)C)OOC(=O)c2ccccc21. The van der Waals surface area contributed by atoms with Crippen molar-refractivity contribution in [2.75, 3.05) is 0 Å². The monoisotopic (exact) mass is 234 g/mol. The third-order valence-corrected chi connectivity index (χ3v) is 3.55. The summed E-state index contributed by atoms with van der Waals surface area (Å²) < 4.78 is 0. The lowest BCUT2D eigenvalue weighted by Crippen LogP contribution is -2.46. The van der Waals surface area contributed by atoms with E-state index < -0.39 is 11.6 Å². The minimum absolute atomic E-state index is 0.154. The van der Waals surface area contributed by atoms with E-state index in [1.165, 1.54) is 0 Å². The molecule has 3 nitrogen and oxygen atoms in total. The molecule has 17 heavy (non-hydrogen) atoms. The maximum absolute atomic E-state index is 11.7. The first-order chi connectivity index (χ1) is 7.92. The van der Waals surface area contributed by atoms with E-state index >= 15 is 0 Å². The topological polar surface area (TPSA) is 35.5 Å². The molecule has 0 bridgehead atoms. The molecule has 1 heterocycles. The molecule has 1 atom stereocenters. The number of fused-ring (bicyclic) bond motifs is 1. The van der Waals surface area contributed by atoms with Crippen LogP contribution >= 0.6 is 0 Å². The van der Waals surface area contributed by atoms with Crippen molar-refractivity contribution in [3.8, 4) is 0 Å². The van der Waals surface area contributed by atoms with E-state index in [2.05, 4.69) is 20.8 Å². The summed E-state index contributed by atoms with van der Waals surface area (Å²) in [6.45, 7) is 8.31. The fourth-order valence-electron chi connectivity index (χ4n) is 2.52. The summed E-state index contributed by atoms with van der Waals surface area (Å²) in [5.41, 5.74) is 0.803. The van der Waals surface area contributed by atoms with Crippen LogP contribution in [0, 0.1) is 5.41 Å². The zero-order chi connectivity index (χ0) is 12.7. The highest BCUT2D eigenvalue weighted by molar-refractivity contribution is 5.91. The van der Waals surface area contributed by atoms with Gasteiger partial charge in [-0.05, 0) is 17.9 Å². The van der Waals surface area contributed by atoms with Crippen molar-refractivity contribution < 1.29 is 14.6 Å². The van der Waals surface area contributed by atoms with Crippen LogP contribution < -0.4 is 0 Å². The third kappa shape index (κ3) is 1.65. The predicted octanol–water partition coefficient (Wildman–Crippen LogP) is 3.44. The summed E-state index contributed by atoms with van der Waals surface area (Å²) in [5, 5.41) is 0. The van der Waals surface area contributed by atoms with Crippen molar-refractivity contribution in [1.82, 2.24) is 0 Å². The largest absolute Gasteiger partial charge is 0.373 e. The van der Waals surface area contributed by atoms with Crippen molar-refractivity contribution >= 4 is 5.97 Å². The van der Waals surface area contributed by atoms with E-state index in [0.29, 0.717) is 5.56 Å². The maximum Gasteiger partial charge on any atom is 0.373 e. The molecule has 1 aliphatic rings. The van der Waals surface area contributed by atoms with E-state index in [1.807, 2.05) is 25.1 Å². The summed E-state index contributed by atoms with van der Waals surface area (Å²) in [6.07, 6.45) is 0.751. The summed E-state index contributed by atoms with van der Waals surface area (Å²) >= 11 is 0. The van der Waals surface area contributed by atoms with Crippen molar-refractivity contribution in [3.63, 3.8) is 0 Å². The van der Waals surface area contributed by atoms with E-state index in [9.17, 15) is 4.79 Å². The first-order valence-electron chi connectivity index (χ1n) is 5.92. The molecule has 0 spiro atoms. The van der Waals surface area contributed by atoms with E-state index in [0.717, 1.165) is 12.0 Å². The molecule has 2 rings (SSSR count). The highest BCUT2D eigenvalue weighted by atomic mass is 17.2. The van der Waals surface area contributed by atoms with E-state index in [4.69, 9.17) is 9.78 Å². The first-order valence-corrected chi connectivity index (χ1v) is 5.92. The van der Waals surface area contributed by atoms with E-state index in [-0.39, 0.29) is 5.41 Å². The fourth-order valence-corrected chi connectivity index (χ4v) is 2.52. The summed E-state index contributed by atoms with van der Waals surface area (Å²) in [7, 11) is 0. The first kappa shape index (κ1) is 12.1. The molecule has 0 aliphatic carbocycles. The van der Waals surface area contributed by atoms with E-state index in [1.54, 1.807) is 6.07 Å². The minimum Gasteiger partial charge on any atom is -0.292 e. The number of rotatable bonds is 1. The van der Waals surface area contributed by atoms with Gasteiger partial charge in [0.2, 0.25) is 0 Å². The second-order valence-electron chi connectivity index (χ2n) is 5.43. The van der Waals surface area contributed by atoms with Gasteiger partial charge in [0, 0.05) is 5.56 Å². The normalized spacial score (nSPS) is 24.1. The van der Waals surface area contributed by atoms with Crippen molar-refractivity contribution in [2.45, 2.75) is 39.7 Å². The molecule has 0 N–H and O–H groups in total. The number of carbonyl (C=O) groups is 1. The highest BCUT2D eigenvalue weighted by Crippen LogP contribution is 2.48. The molecular weight excluding hydrogens is 216 g/mol. The van der Waals surface area contributed by atoms with Gasteiger partial charge < -0.3 is 0 Å². The predicted molar refractivity (Wildman–Crippen MR) is 64.4 cm³/mol. The van der Waals surface area contributed by atoms with Gasteiger partial charge in [-0.2, -0.15) is 4.89 Å². The molecular formula is C14H18O3. The molecule has 0 fully saturated rings. The van der Waals surface area contributed by atoms with Gasteiger partial charge in [0.1, 0.15) is 5.60 Å². The van der Waals surface area contributed by atoms with Crippen molar-refractivity contribution in [2.24, 2.45) is 5.41 Å². The molecule has 1 aliphatic heterocycles. The third-order valence-electron chi connectivity index (χ3n) is 3.55. The Balaban J connectivity index is 2.66. The Bertz CT molecular complexity index is 445. The molecule has 0 saturated heterocycles. The van der Waals surface area contributed by atoms with Crippen LogP contribution in [0.15, 0.2) is 24.3 Å². The van der Waals surface area contributed by atoms with Crippen LogP contribution in [0.4, 0.5) is 0 Å². The lowest BCUT2D eigenvalue weighted by Gasteiger charge is -2.44. The quantitative estimate of drug-likeness (QED) is 0.698. The Kier molecular flexibility index (Phi) is 2.74. The average molecular weight is 234 g/mol. The lowest BCUT2D eigenvalue weighted by molar-refractivity contribution is -0.356. The van der Waals surface area contributed by atoms with Crippen LogP contribution in [0.5, 0.6) is 0 Å². The van der Waals surface area contributed by atoms with Crippen LogP contribution in [-0.2, 0) is 15.4 Å². The van der Waals surface area contributed by atoms with Crippen LogP contribution in [0.2, 0.25) is 0 Å². The van der Waals surface area contributed by atoms with Crippen LogP contribution in [0.3, 0.4) is 0 Å². The number of benzene rings is 1. The van der Waals surface area contributed by atoms with Gasteiger partial charge >= 0.3 is 5.97 Å². The summed E-state index contributed by atoms with van der Waals surface area (Å²) in [6, 6.07) is 7.51. The van der Waals surface area contributed by atoms with Gasteiger partial charge in [-0.15, -0.1) is 0 Å². The Morgan fingerprint density at radius 2 is 1.88 bits per heavy atom. The molecule has 0 radical (unpaired) electrons. The van der Waals surface area contributed by atoms with Gasteiger partial charge in [-0.25, -0.2) is 4.79 Å². The standard InChI is InChI=1S/C14H18O3/c1-5-14(13(2,3)4)11-9-7-6-8-10(11)12(15)16-17-14/h6-9H,5H2,1-4H3. The van der Waals surface area contributed by atoms with Gasteiger partial charge in [0.25, 0.3) is 0 Å². The maximum atomic E-state index is 11.7. The lowest BCUT2D eigenvalue weighted by atomic mass is 9.69. The Hall–Kier alpha value is -1.35. The Morgan fingerprint density at radius 3 is 2.47 bits per heavy atom. The smallest absolute Gasteiger partial charge is 0.292 e. The zero-order valence-electron chi connectivity index (χ0n) is 10.7. The summed E-state index contributed by atoms with van der Waals surface area (Å²) in [4.78, 5) is 22.0. The minimum atomic E-state index is -0.572. The average Bonchev–Trinajstić information content (AvgIpc) is 2.29. The number of hydrogen-bond donors (Lipinski definition) is 0. The highest BCUT2D eigenvalue weighted by Gasteiger charge is 2.50. The Labute approximate surface area is 102 Å². The summed E-state index contributed by atoms with van der Waals surface area (Å²) in [5.74, 6) is -0.408. The zero-order valence-corrected chi connectivity index (χ0v) is 10.7. The van der Waals surface area contributed by atoms with Gasteiger partial charge in [-0.1, -0.05) is 45.9 Å². The number of carbonyl (C=O) groups excluding carboxylic acids is 1. The van der Waals surface area contributed by atoms with Crippen LogP contribution in [0.25, 0.3) is 0 Å². The second kappa shape index (κ2) is 3.84. The van der Waals surface area contributed by atoms with Gasteiger partial charge in [0.15, 0.2) is 0 Å². The molecule has 0 saturated carbocycles. The van der Waals surface area contributed by atoms with Crippen LogP contribution in [0.1, 0.15) is 50.0 Å². The molecule has 1 aromatic carbocycles. The Morgan fingerprint density at radius 1 is 1.24 bits per heavy atom. The second-order valence-corrected chi connectivity index (χ2v) is 5.43. The van der Waals surface area contributed by atoms with Gasteiger partial charge in [-0.3, -0.25) is 4.89 Å². The molecule has 1 unspecified atom stereocenters. The molecule has 92 valence electrons. The molecule has 1 aromatic rings. The van der Waals surface area contributed by atoms with Crippen molar-refractivity contribution in [3.05, 3.63) is 35.4 Å². The molecule has 3 heteroatoms.